The molecule has 21 heteroatoms. The number of carbonyl (C=O) groups excluding carboxylic acids is 4. The molecule has 12 rings (SSSR count). The molecule has 0 atom stereocenters. The molecule has 17 nitrogen and oxygen atoms in total. The van der Waals surface area contributed by atoms with Crippen molar-refractivity contribution in [2.45, 2.75) is 46.2 Å². The van der Waals surface area contributed by atoms with Crippen LogP contribution < -0.4 is 43.9 Å². The Morgan fingerprint density at radius 3 is 1.01 bits per heavy atom. The molecule has 0 bridgehead atoms. The molecule has 8 heterocycles. The lowest BCUT2D eigenvalue weighted by Gasteiger charge is -2.26. The maximum Gasteiger partial charge on any atom is 0.298 e. The van der Waals surface area contributed by atoms with Gasteiger partial charge in [0.25, 0.3) is 25.9 Å². The Labute approximate surface area is 560 Å². The average Bonchev–Trinajstić information content (AvgIpc) is 1.86. The summed E-state index contributed by atoms with van der Waals surface area (Å²) in [7, 11) is -1.26. The van der Waals surface area contributed by atoms with E-state index in [2.05, 4.69) is 173 Å². The highest BCUT2D eigenvalue weighted by atomic mass is 32.1. The number of ether oxygens (including phenoxy) is 5. The summed E-state index contributed by atoms with van der Waals surface area (Å²) in [5, 5.41) is 4.96. The molecule has 0 unspecified atom stereocenters. The number of carbonyl (C=O) groups is 4. The molecule has 0 saturated carbocycles. The van der Waals surface area contributed by atoms with E-state index in [1.54, 1.807) is 90.7 Å². The van der Waals surface area contributed by atoms with Crippen LogP contribution in [-0.4, -0.2) is 79.1 Å². The molecule has 0 amide bonds. The predicted molar refractivity (Wildman–Crippen MR) is 381 cm³/mol. The van der Waals surface area contributed by atoms with Crippen molar-refractivity contribution in [3.8, 4) is 95.2 Å². The number of aromatic nitrogens is 6. The third-order valence-corrected chi connectivity index (χ3v) is 21.5. The molecule has 0 aliphatic rings. The Bertz CT molecular complexity index is 4640. The molecular formula is C74H64N8O9S2Si2. The first-order chi connectivity index (χ1) is 46.0. The van der Waals surface area contributed by atoms with Crippen molar-refractivity contribution >= 4 is 108 Å². The summed E-state index contributed by atoms with van der Waals surface area (Å²) in [6.07, 6.45) is 6.48. The largest absolute Gasteiger partial charge is 0.497 e. The van der Waals surface area contributed by atoms with E-state index in [4.69, 9.17) is 33.7 Å². The zero-order chi connectivity index (χ0) is 66.6. The van der Waals surface area contributed by atoms with E-state index in [-0.39, 0.29) is 11.5 Å². The molecule has 0 radical (unpaired) electrons. The minimum atomic E-state index is -1.46. The average molecular weight is 1330 g/mol. The fraction of sp³-hybridized carbons (Fsp3) is 0.108. The Kier molecular flexibility index (Phi) is 20.1. The molecule has 0 N–H and O–H groups in total. The minimum Gasteiger partial charge on any atom is -0.497 e. The van der Waals surface area contributed by atoms with Crippen molar-refractivity contribution in [3.05, 3.63) is 224 Å². The summed E-state index contributed by atoms with van der Waals surface area (Å²) >= 11 is 3.34. The second-order valence-electron chi connectivity index (χ2n) is 23.7. The van der Waals surface area contributed by atoms with Crippen LogP contribution in [0, 0.1) is 6.92 Å². The SMILES string of the molecule is COc1ccc(N(c2ccc(C)cc2)c2ccc(-c3ccnc(-c4cc(OC=O)cc(-c5cc(OC=O)ccn5)n4)c3)s2)cc1.C[Si](C)(C)c1ccc(N(c2ccc([Si](C)(C)C)cc2)c2ccc(-c3ccnc(-c4cc(OC=O)cc(-c5cc(OC=O)ccn5)n4)c3)s2)cc1. The van der Waals surface area contributed by atoms with Gasteiger partial charge in [0.2, 0.25) is 0 Å². The van der Waals surface area contributed by atoms with Crippen LogP contribution in [0.1, 0.15) is 5.56 Å². The van der Waals surface area contributed by atoms with Gasteiger partial charge in [0.15, 0.2) is 0 Å². The van der Waals surface area contributed by atoms with Crippen molar-refractivity contribution in [2.75, 3.05) is 16.9 Å². The highest BCUT2D eigenvalue weighted by Crippen LogP contribution is 2.45. The number of benzene rings is 4. The van der Waals surface area contributed by atoms with Crippen LogP contribution in [0.15, 0.2) is 219 Å². The van der Waals surface area contributed by atoms with Gasteiger partial charge in [0.05, 0.1) is 68.8 Å². The Hall–Kier alpha value is -11.1. The minimum absolute atomic E-state index is 0.271. The summed E-state index contributed by atoms with van der Waals surface area (Å²) < 4.78 is 25.7. The predicted octanol–water partition coefficient (Wildman–Crippen LogP) is 16.4. The third kappa shape index (κ3) is 15.9. The number of nitrogens with zero attached hydrogens (tertiary/aromatic N) is 8. The van der Waals surface area contributed by atoms with Crippen molar-refractivity contribution < 1.29 is 42.9 Å². The number of rotatable bonds is 23. The van der Waals surface area contributed by atoms with Crippen LogP contribution in [-0.2, 0) is 19.2 Å². The second-order valence-corrected chi connectivity index (χ2v) is 36.0. The summed E-state index contributed by atoms with van der Waals surface area (Å²) in [5.74, 6) is 1.97. The number of hydrogen-bond acceptors (Lipinski definition) is 19. The zero-order valence-electron chi connectivity index (χ0n) is 53.2. The molecule has 474 valence electrons. The summed E-state index contributed by atoms with van der Waals surface area (Å²) in [5.41, 5.74) is 11.2. The summed E-state index contributed by atoms with van der Waals surface area (Å²) in [6, 6.07) is 63.5. The third-order valence-electron chi connectivity index (χ3n) is 15.2. The van der Waals surface area contributed by atoms with E-state index < -0.39 is 16.1 Å². The lowest BCUT2D eigenvalue weighted by Crippen LogP contribution is -2.37. The van der Waals surface area contributed by atoms with E-state index in [0.29, 0.717) is 82.9 Å². The zero-order valence-corrected chi connectivity index (χ0v) is 56.8. The molecule has 0 aliphatic heterocycles. The monoisotopic (exact) mass is 1330 g/mol. The molecule has 0 fully saturated rings. The van der Waals surface area contributed by atoms with Gasteiger partial charge in [0.1, 0.15) is 38.7 Å². The molecular weight excluding hydrogens is 1270 g/mol. The molecule has 4 aromatic carbocycles. The van der Waals surface area contributed by atoms with E-state index in [0.717, 1.165) is 59.4 Å². The molecule has 0 spiro atoms. The van der Waals surface area contributed by atoms with Gasteiger partial charge in [-0.2, -0.15) is 0 Å². The highest BCUT2D eigenvalue weighted by molar-refractivity contribution is 7.20. The Balaban J connectivity index is 0.000000194. The lowest BCUT2D eigenvalue weighted by atomic mass is 10.1. The number of hydrogen-bond donors (Lipinski definition) is 0. The standard InChI is InChI=1S/C39H38N4O4SSi2.C35H26N4O5S/c1-49(2,3)32-11-7-28(8-12-32)43(29-9-13-33(14-10-29)50(4,5)6)39-16-15-38(48-39)27-17-19-40-34(21-27)36-23-31(47-26-45)24-37(42-36)35-22-30(46-25-44)18-20-41-35;1-23-3-5-25(6-4-23)39(26-7-9-27(42-2)10-8-26)35-12-11-34(45-35)24-13-15-36-30(17-24)32-19-29(44-22-41)20-33(38-32)31-18-28(43-21-40)14-16-37-31/h7-26H,1-6H3;3-22H,1-2H3. The van der Waals surface area contributed by atoms with Crippen LogP contribution >= 0.6 is 22.7 Å². The van der Waals surface area contributed by atoms with Crippen LogP contribution in [0.5, 0.6) is 28.7 Å². The smallest absolute Gasteiger partial charge is 0.298 e. The highest BCUT2D eigenvalue weighted by Gasteiger charge is 2.23. The van der Waals surface area contributed by atoms with Gasteiger partial charge in [-0.3, -0.25) is 39.1 Å². The first-order valence-corrected chi connectivity index (χ1v) is 38.6. The maximum absolute atomic E-state index is 11.3. The van der Waals surface area contributed by atoms with E-state index in [1.165, 1.54) is 28.3 Å². The van der Waals surface area contributed by atoms with Gasteiger partial charge in [0, 0.05) is 93.7 Å². The van der Waals surface area contributed by atoms with Crippen LogP contribution in [0.3, 0.4) is 0 Å². The van der Waals surface area contributed by atoms with Gasteiger partial charge in [-0.1, -0.05) is 91.6 Å². The van der Waals surface area contributed by atoms with Gasteiger partial charge >= 0.3 is 0 Å². The number of pyridine rings is 6. The fourth-order valence-corrected chi connectivity index (χ4v) is 14.7. The molecule has 0 saturated heterocycles. The normalized spacial score (nSPS) is 11.1. The maximum atomic E-state index is 11.3. The molecule has 95 heavy (non-hydrogen) atoms. The second kappa shape index (κ2) is 29.2. The Morgan fingerprint density at radius 2 is 0.663 bits per heavy atom. The summed E-state index contributed by atoms with van der Waals surface area (Å²) in [6.45, 7) is 17.7. The van der Waals surface area contributed by atoms with Crippen molar-refractivity contribution in [1.82, 2.24) is 29.9 Å². The van der Waals surface area contributed by atoms with Gasteiger partial charge in [-0.15, -0.1) is 22.7 Å². The topological polar surface area (TPSA) is 198 Å². The van der Waals surface area contributed by atoms with Crippen molar-refractivity contribution in [2.24, 2.45) is 0 Å². The first kappa shape index (κ1) is 65.4. The Morgan fingerprint density at radius 1 is 0.347 bits per heavy atom. The van der Waals surface area contributed by atoms with Crippen LogP contribution in [0.25, 0.3) is 66.4 Å². The van der Waals surface area contributed by atoms with E-state index in [9.17, 15) is 19.2 Å². The van der Waals surface area contributed by atoms with Crippen LogP contribution in [0.2, 0.25) is 39.3 Å². The van der Waals surface area contributed by atoms with Gasteiger partial charge in [-0.25, -0.2) is 9.97 Å². The van der Waals surface area contributed by atoms with Gasteiger partial charge in [-0.05, 0) is 139 Å². The number of methoxy groups -OCH3 is 1. The lowest BCUT2D eigenvalue weighted by molar-refractivity contribution is -0.121. The number of anilines is 6. The molecule has 8 aromatic heterocycles. The van der Waals surface area contributed by atoms with E-state index in [1.807, 2.05) is 48.5 Å². The van der Waals surface area contributed by atoms with Crippen molar-refractivity contribution in [1.29, 1.82) is 0 Å². The number of aryl methyl sites for hydroxylation is 1. The van der Waals surface area contributed by atoms with E-state index >= 15 is 0 Å². The van der Waals surface area contributed by atoms with Crippen LogP contribution in [0.4, 0.5) is 32.8 Å². The summed E-state index contributed by atoms with van der Waals surface area (Å²) in [4.78, 5) is 78.3. The molecule has 0 aliphatic carbocycles. The molecule has 12 aromatic rings. The van der Waals surface area contributed by atoms with Gasteiger partial charge < -0.3 is 33.5 Å². The fourth-order valence-electron chi connectivity index (χ4n) is 10.3. The first-order valence-electron chi connectivity index (χ1n) is 30.0. The number of thiophene rings is 2. The van der Waals surface area contributed by atoms with Crippen molar-refractivity contribution in [3.63, 3.8) is 0 Å². The quantitative estimate of drug-likeness (QED) is 0.0432.